The van der Waals surface area contributed by atoms with Gasteiger partial charge in [-0.05, 0) is 5.53 Å². The molecule has 0 aromatic rings. The second kappa shape index (κ2) is 5.43. The highest BCUT2D eigenvalue weighted by Gasteiger charge is 2.42. The van der Waals surface area contributed by atoms with Crippen LogP contribution in [0, 0.1) is 5.92 Å². The van der Waals surface area contributed by atoms with Gasteiger partial charge in [-0.2, -0.15) is 0 Å². The molecule has 0 radical (unpaired) electrons. The summed E-state index contributed by atoms with van der Waals surface area (Å²) in [6, 6.07) is -1.04. The van der Waals surface area contributed by atoms with E-state index in [0.717, 1.165) is 0 Å². The van der Waals surface area contributed by atoms with E-state index in [2.05, 4.69) is 15.3 Å². The van der Waals surface area contributed by atoms with Gasteiger partial charge in [-0.3, -0.25) is 15.0 Å². The summed E-state index contributed by atoms with van der Waals surface area (Å²) >= 11 is 0. The Balaban J connectivity index is 2.08. The monoisotopic (exact) mass is 269 g/mol. The van der Waals surface area contributed by atoms with Gasteiger partial charge in [0.25, 0.3) is 0 Å². The number of azide groups is 1. The molecule has 2 fully saturated rings. The molecular formula is C10H15N5O4. The number of nitrogens with zero attached hydrogens (tertiary/aromatic N) is 4. The second-order valence-corrected chi connectivity index (χ2v) is 4.67. The fraction of sp³-hybridized carbons (Fsp3) is 0.800. The zero-order chi connectivity index (χ0) is 14.0. The summed E-state index contributed by atoms with van der Waals surface area (Å²) < 4.78 is 5.51. The number of hydrogen-bond acceptors (Lipinski definition) is 5. The number of amides is 3. The van der Waals surface area contributed by atoms with Crippen LogP contribution in [0.1, 0.15) is 13.3 Å². The molecule has 9 heteroatoms. The molecule has 2 aliphatic rings. The maximum atomic E-state index is 11.7. The molecule has 2 N–H and O–H groups in total. The Hall–Kier alpha value is -1.83. The smallest absolute Gasteiger partial charge is 0.326 e. The Morgan fingerprint density at radius 1 is 1.63 bits per heavy atom. The first-order chi connectivity index (χ1) is 9.06. The third-order valence-corrected chi connectivity index (χ3v) is 3.34. The summed E-state index contributed by atoms with van der Waals surface area (Å²) in [6.45, 7) is 1.67. The van der Waals surface area contributed by atoms with E-state index in [9.17, 15) is 9.59 Å². The van der Waals surface area contributed by atoms with Crippen molar-refractivity contribution in [2.24, 2.45) is 11.0 Å². The fourth-order valence-electron chi connectivity index (χ4n) is 2.27. The van der Waals surface area contributed by atoms with Crippen molar-refractivity contribution in [2.45, 2.75) is 31.7 Å². The molecular weight excluding hydrogens is 254 g/mol. The fourth-order valence-corrected chi connectivity index (χ4v) is 2.27. The third kappa shape index (κ3) is 2.62. The maximum Gasteiger partial charge on any atom is 0.326 e. The molecule has 9 nitrogen and oxygen atoms in total. The van der Waals surface area contributed by atoms with Crippen LogP contribution in [-0.4, -0.2) is 53.5 Å². The number of rotatable bonds is 3. The van der Waals surface area contributed by atoms with Gasteiger partial charge in [-0.15, -0.1) is 0 Å². The number of urea groups is 1. The molecule has 0 aliphatic carbocycles. The van der Waals surface area contributed by atoms with Crippen molar-refractivity contribution < 1.29 is 19.4 Å². The topological polar surface area (TPSA) is 128 Å². The lowest BCUT2D eigenvalue weighted by molar-refractivity contribution is -0.128. The van der Waals surface area contributed by atoms with Crippen LogP contribution in [0.25, 0.3) is 10.4 Å². The minimum Gasteiger partial charge on any atom is -0.394 e. The first kappa shape index (κ1) is 13.6. The maximum absolute atomic E-state index is 11.7. The van der Waals surface area contributed by atoms with Crippen molar-refractivity contribution in [3.8, 4) is 0 Å². The molecule has 2 rings (SSSR count). The first-order valence-corrected chi connectivity index (χ1v) is 5.98. The van der Waals surface area contributed by atoms with Crippen LogP contribution in [0.3, 0.4) is 0 Å². The number of carbonyl (C=O) groups excluding carboxylic acids is 2. The predicted octanol–water partition coefficient (Wildman–Crippen LogP) is -0.0395. The predicted molar refractivity (Wildman–Crippen MR) is 62.7 cm³/mol. The normalized spacial score (nSPS) is 34.9. The molecule has 2 saturated heterocycles. The lowest BCUT2D eigenvalue weighted by Gasteiger charge is -2.34. The minimum absolute atomic E-state index is 0.246. The molecule has 19 heavy (non-hydrogen) atoms. The van der Waals surface area contributed by atoms with Gasteiger partial charge in [-0.1, -0.05) is 12.0 Å². The number of aliphatic hydroxyl groups excluding tert-OH is 1. The van der Waals surface area contributed by atoms with Gasteiger partial charge in [0.05, 0.1) is 24.7 Å². The van der Waals surface area contributed by atoms with Crippen LogP contribution in [-0.2, 0) is 9.53 Å². The summed E-state index contributed by atoms with van der Waals surface area (Å²) in [4.78, 5) is 27.2. The quantitative estimate of drug-likeness (QED) is 0.423. The highest BCUT2D eigenvalue weighted by molar-refractivity contribution is 5.97. The molecule has 0 bridgehead atoms. The number of aliphatic hydroxyl groups is 1. The SMILES string of the molecule is CC1CN(C2CC(N=[N+]=[N-])C(CO)O2)C(=O)NC1=O. The number of ether oxygens (including phenoxy) is 1. The Bertz CT molecular complexity index is 436. The molecule has 0 aromatic carbocycles. The van der Waals surface area contributed by atoms with Crippen molar-refractivity contribution in [2.75, 3.05) is 13.2 Å². The van der Waals surface area contributed by atoms with Gasteiger partial charge >= 0.3 is 6.03 Å². The van der Waals surface area contributed by atoms with E-state index in [1.165, 1.54) is 4.90 Å². The Morgan fingerprint density at radius 3 is 3.00 bits per heavy atom. The molecule has 3 amide bonds. The molecule has 2 aliphatic heterocycles. The summed E-state index contributed by atoms with van der Waals surface area (Å²) in [5.41, 5.74) is 8.45. The van der Waals surface area contributed by atoms with E-state index in [4.69, 9.17) is 15.4 Å². The summed E-state index contributed by atoms with van der Waals surface area (Å²) in [5.74, 6) is -0.642. The molecule has 4 atom stereocenters. The molecule has 4 unspecified atom stereocenters. The Kier molecular flexibility index (Phi) is 3.89. The number of nitrogens with one attached hydrogen (secondary N) is 1. The average molecular weight is 269 g/mol. The van der Waals surface area contributed by atoms with E-state index >= 15 is 0 Å². The molecule has 0 spiro atoms. The van der Waals surface area contributed by atoms with Crippen molar-refractivity contribution in [1.29, 1.82) is 0 Å². The highest BCUT2D eigenvalue weighted by atomic mass is 16.5. The Morgan fingerprint density at radius 2 is 2.37 bits per heavy atom. The lowest BCUT2D eigenvalue weighted by atomic mass is 10.1. The van der Waals surface area contributed by atoms with E-state index in [1.54, 1.807) is 6.92 Å². The first-order valence-electron chi connectivity index (χ1n) is 5.98. The van der Waals surface area contributed by atoms with Gasteiger partial charge in [0.1, 0.15) is 6.23 Å². The van der Waals surface area contributed by atoms with Crippen molar-refractivity contribution in [1.82, 2.24) is 10.2 Å². The number of carbonyl (C=O) groups is 2. The molecule has 0 saturated carbocycles. The summed E-state index contributed by atoms with van der Waals surface area (Å²) in [6.07, 6.45) is -0.909. The largest absolute Gasteiger partial charge is 0.394 e. The second-order valence-electron chi connectivity index (χ2n) is 4.67. The number of hydrogen-bond donors (Lipinski definition) is 2. The zero-order valence-corrected chi connectivity index (χ0v) is 10.4. The molecule has 104 valence electrons. The number of imide groups is 1. The van der Waals surface area contributed by atoms with Crippen LogP contribution in [0.15, 0.2) is 5.11 Å². The van der Waals surface area contributed by atoms with Gasteiger partial charge in [0.2, 0.25) is 5.91 Å². The third-order valence-electron chi connectivity index (χ3n) is 3.34. The molecule has 2 heterocycles. The van der Waals surface area contributed by atoms with Crippen LogP contribution in [0.2, 0.25) is 0 Å². The van der Waals surface area contributed by atoms with Crippen LogP contribution >= 0.6 is 0 Å². The van der Waals surface area contributed by atoms with Crippen molar-refractivity contribution >= 4 is 11.9 Å². The van der Waals surface area contributed by atoms with E-state index in [1.807, 2.05) is 0 Å². The van der Waals surface area contributed by atoms with E-state index in [0.29, 0.717) is 6.42 Å². The summed E-state index contributed by atoms with van der Waals surface area (Å²) in [7, 11) is 0. The Labute approximate surface area is 109 Å². The van der Waals surface area contributed by atoms with Crippen LogP contribution in [0.4, 0.5) is 4.79 Å². The van der Waals surface area contributed by atoms with Gasteiger partial charge in [0.15, 0.2) is 0 Å². The van der Waals surface area contributed by atoms with Crippen LogP contribution < -0.4 is 5.32 Å². The van der Waals surface area contributed by atoms with Gasteiger partial charge in [0, 0.05) is 17.9 Å². The zero-order valence-electron chi connectivity index (χ0n) is 10.4. The van der Waals surface area contributed by atoms with Gasteiger partial charge < -0.3 is 9.84 Å². The van der Waals surface area contributed by atoms with Crippen molar-refractivity contribution in [3.05, 3.63) is 10.4 Å². The van der Waals surface area contributed by atoms with E-state index < -0.39 is 24.4 Å². The molecule has 0 aromatic heterocycles. The van der Waals surface area contributed by atoms with Gasteiger partial charge in [-0.25, -0.2) is 4.79 Å². The van der Waals surface area contributed by atoms with Crippen LogP contribution in [0.5, 0.6) is 0 Å². The highest BCUT2D eigenvalue weighted by Crippen LogP contribution is 2.27. The van der Waals surface area contributed by atoms with E-state index in [-0.39, 0.29) is 25.0 Å². The standard InChI is InChI=1S/C10H15N5O4/c1-5-3-15(10(18)12-9(5)17)8-2-6(13-14-11)7(4-16)19-8/h5-8,16H,2-4H2,1H3,(H,12,17,18). The average Bonchev–Trinajstić information content (AvgIpc) is 2.77. The minimum atomic E-state index is -0.623. The lowest BCUT2D eigenvalue weighted by Crippen LogP contribution is -2.57. The summed E-state index contributed by atoms with van der Waals surface area (Å²) in [5, 5.41) is 14.9. The van der Waals surface area contributed by atoms with Crippen molar-refractivity contribution in [3.63, 3.8) is 0 Å².